The minimum absolute atomic E-state index is 0.590. The molecule has 0 atom stereocenters. The van der Waals surface area contributed by atoms with Crippen molar-refractivity contribution in [1.82, 2.24) is 19.8 Å². The van der Waals surface area contributed by atoms with Crippen LogP contribution in [0.5, 0.6) is 11.5 Å². The Morgan fingerprint density at radius 2 is 2.00 bits per heavy atom. The van der Waals surface area contributed by atoms with Crippen molar-refractivity contribution >= 4 is 28.4 Å². The van der Waals surface area contributed by atoms with E-state index in [1.165, 1.54) is 11.3 Å². The summed E-state index contributed by atoms with van der Waals surface area (Å²) in [5.74, 6) is 2.93. The van der Waals surface area contributed by atoms with E-state index in [1.54, 1.807) is 25.0 Å². The van der Waals surface area contributed by atoms with Crippen LogP contribution in [0.2, 0.25) is 0 Å². The molecular weight excluding hydrogens is 352 g/mol. The van der Waals surface area contributed by atoms with Gasteiger partial charge in [0.15, 0.2) is 17.3 Å². The molecule has 0 radical (unpaired) electrons. The van der Waals surface area contributed by atoms with Crippen LogP contribution >= 0.6 is 11.3 Å². The fraction of sp³-hybridized carbons (Fsp3) is 0.167. The van der Waals surface area contributed by atoms with E-state index in [1.807, 2.05) is 42.5 Å². The van der Waals surface area contributed by atoms with Crippen molar-refractivity contribution in [2.45, 2.75) is 6.42 Å². The van der Waals surface area contributed by atoms with E-state index in [0.717, 1.165) is 27.1 Å². The molecule has 0 aliphatic heterocycles. The second kappa shape index (κ2) is 7.01. The van der Waals surface area contributed by atoms with Crippen LogP contribution in [0.1, 0.15) is 22.2 Å². The maximum Gasteiger partial charge on any atom is 0.234 e. The molecule has 8 heteroatoms. The Morgan fingerprint density at radius 1 is 1.12 bits per heavy atom. The molecule has 0 spiro atoms. The van der Waals surface area contributed by atoms with Crippen molar-refractivity contribution in [1.29, 1.82) is 0 Å². The van der Waals surface area contributed by atoms with E-state index in [4.69, 9.17) is 13.9 Å². The summed E-state index contributed by atoms with van der Waals surface area (Å²) in [6.45, 7) is 0. The Bertz CT molecular complexity index is 1050. The van der Waals surface area contributed by atoms with Crippen molar-refractivity contribution in [3.63, 3.8) is 0 Å². The summed E-state index contributed by atoms with van der Waals surface area (Å²) < 4.78 is 17.7. The van der Waals surface area contributed by atoms with Crippen molar-refractivity contribution < 1.29 is 13.9 Å². The highest BCUT2D eigenvalue weighted by atomic mass is 32.1. The van der Waals surface area contributed by atoms with E-state index in [0.29, 0.717) is 17.9 Å². The predicted octanol–water partition coefficient (Wildman–Crippen LogP) is 3.56. The zero-order valence-electron chi connectivity index (χ0n) is 14.2. The van der Waals surface area contributed by atoms with Gasteiger partial charge in [0.1, 0.15) is 10.8 Å². The van der Waals surface area contributed by atoms with Crippen LogP contribution in [-0.4, -0.2) is 34.0 Å². The highest BCUT2D eigenvalue weighted by Gasteiger charge is 2.13. The number of benzene rings is 1. The number of nitrogens with zero attached hydrogens (tertiary/aromatic N) is 4. The minimum atomic E-state index is 0.590. The summed E-state index contributed by atoms with van der Waals surface area (Å²) in [4.78, 5) is 0.750. The highest BCUT2D eigenvalue weighted by Crippen LogP contribution is 2.28. The Labute approximate surface area is 153 Å². The van der Waals surface area contributed by atoms with Crippen molar-refractivity contribution in [2.75, 3.05) is 14.2 Å². The molecular formula is C18H16N4O3S. The molecule has 0 aliphatic carbocycles. The first kappa shape index (κ1) is 16.3. The molecule has 4 rings (SSSR count). The van der Waals surface area contributed by atoms with Crippen molar-refractivity contribution in [3.05, 3.63) is 58.8 Å². The molecule has 132 valence electrons. The Hall–Kier alpha value is -3.13. The van der Waals surface area contributed by atoms with Gasteiger partial charge in [-0.25, -0.2) is 0 Å². The number of hydrogen-bond donors (Lipinski definition) is 0. The number of ether oxygens (including phenoxy) is 2. The normalized spacial score (nSPS) is 11.5. The summed E-state index contributed by atoms with van der Waals surface area (Å²) >= 11 is 1.47. The summed E-state index contributed by atoms with van der Waals surface area (Å²) in [5.41, 5.74) is 1.04. The average molecular weight is 368 g/mol. The monoisotopic (exact) mass is 368 g/mol. The number of hydrogen-bond acceptors (Lipinski definition) is 7. The standard InChI is InChI=1S/C18H16N4O3S/c1-23-14-7-5-12(10-15(14)24-2)11-16-19-20-18-22(16)21-17(26-18)8-6-13-4-3-9-25-13/h3-10H,11H2,1-2H3/b8-6-. The van der Waals surface area contributed by atoms with Gasteiger partial charge in [-0.15, -0.1) is 10.2 Å². The molecule has 0 saturated carbocycles. The minimum Gasteiger partial charge on any atom is -0.493 e. The van der Waals surface area contributed by atoms with Gasteiger partial charge in [0.05, 0.1) is 20.5 Å². The average Bonchev–Trinajstić information content (AvgIpc) is 3.38. The van der Waals surface area contributed by atoms with Crippen LogP contribution < -0.4 is 9.47 Å². The second-order valence-electron chi connectivity index (χ2n) is 5.47. The first-order valence-corrected chi connectivity index (χ1v) is 8.72. The lowest BCUT2D eigenvalue weighted by molar-refractivity contribution is 0.354. The third kappa shape index (κ3) is 3.18. The van der Waals surface area contributed by atoms with Gasteiger partial charge in [-0.3, -0.25) is 0 Å². The smallest absolute Gasteiger partial charge is 0.234 e. The summed E-state index contributed by atoms with van der Waals surface area (Å²) in [5, 5.41) is 13.9. The van der Waals surface area contributed by atoms with Crippen molar-refractivity contribution in [2.24, 2.45) is 0 Å². The fourth-order valence-electron chi connectivity index (χ4n) is 2.56. The lowest BCUT2D eigenvalue weighted by Crippen LogP contribution is -1.99. The molecule has 0 fully saturated rings. The third-order valence-corrected chi connectivity index (χ3v) is 4.68. The maximum atomic E-state index is 5.36. The summed E-state index contributed by atoms with van der Waals surface area (Å²) in [6.07, 6.45) is 6.00. The van der Waals surface area contributed by atoms with Gasteiger partial charge in [-0.1, -0.05) is 17.4 Å². The molecule has 7 nitrogen and oxygen atoms in total. The molecule has 0 saturated heterocycles. The quantitative estimate of drug-likeness (QED) is 0.518. The zero-order valence-corrected chi connectivity index (χ0v) is 15.1. The first-order valence-electron chi connectivity index (χ1n) is 7.90. The number of methoxy groups -OCH3 is 2. The van der Waals surface area contributed by atoms with Crippen LogP contribution in [-0.2, 0) is 6.42 Å². The molecule has 0 aliphatic rings. The SMILES string of the molecule is COc1ccc(Cc2nnc3sc(/C=C\c4ccco4)nn23)cc1OC. The highest BCUT2D eigenvalue weighted by molar-refractivity contribution is 7.17. The Balaban J connectivity index is 1.59. The maximum absolute atomic E-state index is 5.36. The van der Waals surface area contributed by atoms with E-state index in [9.17, 15) is 0 Å². The lowest BCUT2D eigenvalue weighted by atomic mass is 10.1. The summed E-state index contributed by atoms with van der Waals surface area (Å²) in [6, 6.07) is 9.53. The van der Waals surface area contributed by atoms with Gasteiger partial charge in [-0.2, -0.15) is 9.61 Å². The van der Waals surface area contributed by atoms with Gasteiger partial charge in [-0.05, 0) is 42.0 Å². The van der Waals surface area contributed by atoms with E-state index in [2.05, 4.69) is 15.3 Å². The van der Waals surface area contributed by atoms with Crippen LogP contribution in [0.15, 0.2) is 41.0 Å². The zero-order chi connectivity index (χ0) is 17.9. The van der Waals surface area contributed by atoms with E-state index >= 15 is 0 Å². The van der Waals surface area contributed by atoms with Gasteiger partial charge < -0.3 is 13.9 Å². The molecule has 4 aromatic rings. The fourth-order valence-corrected chi connectivity index (χ4v) is 3.32. The van der Waals surface area contributed by atoms with E-state index in [-0.39, 0.29) is 0 Å². The molecule has 0 amide bonds. The molecule has 3 heterocycles. The first-order chi connectivity index (χ1) is 12.8. The molecule has 0 unspecified atom stereocenters. The topological polar surface area (TPSA) is 74.7 Å². The number of furan rings is 1. The summed E-state index contributed by atoms with van der Waals surface area (Å²) in [7, 11) is 3.24. The molecule has 0 bridgehead atoms. The van der Waals surface area contributed by atoms with Crippen molar-refractivity contribution in [3.8, 4) is 11.5 Å². The van der Waals surface area contributed by atoms with Gasteiger partial charge in [0.25, 0.3) is 0 Å². The third-order valence-electron chi connectivity index (χ3n) is 3.81. The lowest BCUT2D eigenvalue weighted by Gasteiger charge is -2.08. The molecule has 0 N–H and O–H groups in total. The van der Waals surface area contributed by atoms with Crippen LogP contribution in [0.3, 0.4) is 0 Å². The number of aromatic nitrogens is 4. The van der Waals surface area contributed by atoms with Crippen LogP contribution in [0.4, 0.5) is 0 Å². The second-order valence-corrected chi connectivity index (χ2v) is 6.45. The van der Waals surface area contributed by atoms with Gasteiger partial charge >= 0.3 is 0 Å². The predicted molar refractivity (Wildman–Crippen MR) is 98.6 cm³/mol. The Kier molecular flexibility index (Phi) is 4.40. The molecule has 3 aromatic heterocycles. The Morgan fingerprint density at radius 3 is 2.77 bits per heavy atom. The number of rotatable bonds is 6. The molecule has 26 heavy (non-hydrogen) atoms. The molecule has 1 aromatic carbocycles. The van der Waals surface area contributed by atoms with Crippen LogP contribution in [0.25, 0.3) is 17.1 Å². The number of fused-ring (bicyclic) bond motifs is 1. The largest absolute Gasteiger partial charge is 0.493 e. The van der Waals surface area contributed by atoms with Gasteiger partial charge in [0.2, 0.25) is 4.96 Å². The van der Waals surface area contributed by atoms with E-state index < -0.39 is 0 Å². The van der Waals surface area contributed by atoms with Gasteiger partial charge in [0, 0.05) is 6.42 Å². The van der Waals surface area contributed by atoms with Crippen LogP contribution in [0, 0.1) is 0 Å².